The van der Waals surface area contributed by atoms with Crippen LogP contribution < -0.4 is 0 Å². The molecule has 2 nitrogen and oxygen atoms in total. The van der Waals surface area contributed by atoms with Crippen LogP contribution in [0.3, 0.4) is 0 Å². The predicted octanol–water partition coefficient (Wildman–Crippen LogP) is 3.52. The van der Waals surface area contributed by atoms with Gasteiger partial charge in [0.15, 0.2) is 5.60 Å². The third-order valence-electron chi connectivity index (χ3n) is 3.08. The molecule has 0 bridgehead atoms. The van der Waals surface area contributed by atoms with Gasteiger partial charge in [-0.05, 0) is 11.6 Å². The molecule has 2 rings (SSSR count). The third kappa shape index (κ3) is 2.37. The lowest BCUT2D eigenvalue weighted by molar-refractivity contribution is -0.336. The lowest BCUT2D eigenvalue weighted by Crippen LogP contribution is -2.55. The van der Waals surface area contributed by atoms with Crippen LogP contribution in [0.25, 0.3) is 0 Å². The van der Waals surface area contributed by atoms with Gasteiger partial charge in [0.05, 0.1) is 0 Å². The fourth-order valence-corrected chi connectivity index (χ4v) is 1.99. The van der Waals surface area contributed by atoms with Gasteiger partial charge in [0.25, 0.3) is 0 Å². The van der Waals surface area contributed by atoms with Crippen molar-refractivity contribution in [3.05, 3.63) is 66.0 Å². The number of halogens is 5. The summed E-state index contributed by atoms with van der Waals surface area (Å²) in [5.74, 6) is -5.38. The van der Waals surface area contributed by atoms with E-state index in [1.165, 1.54) is 30.5 Å². The number of hydrogen-bond donors (Lipinski definition) is 1. The smallest absolute Gasteiger partial charge is 0.374 e. The first-order chi connectivity index (χ1) is 9.71. The summed E-state index contributed by atoms with van der Waals surface area (Å²) < 4.78 is 66.2. The van der Waals surface area contributed by atoms with E-state index in [-0.39, 0.29) is 0 Å². The van der Waals surface area contributed by atoms with E-state index < -0.39 is 28.8 Å². The molecule has 0 aliphatic heterocycles. The van der Waals surface area contributed by atoms with E-state index in [1.54, 1.807) is 0 Å². The zero-order valence-electron chi connectivity index (χ0n) is 10.5. The molecule has 0 aliphatic rings. The SMILES string of the molecule is O[C@@](c1ccccc1)(c1cccnc1)C(F)(F)C(F)(F)F. The first kappa shape index (κ1) is 15.4. The minimum absolute atomic E-state index is 0.569. The molecule has 1 N–H and O–H groups in total. The molecular formula is C14H10F5NO. The van der Waals surface area contributed by atoms with Crippen LogP contribution in [0.1, 0.15) is 11.1 Å². The van der Waals surface area contributed by atoms with E-state index in [0.717, 1.165) is 24.4 Å². The number of alkyl halides is 5. The monoisotopic (exact) mass is 303 g/mol. The standard InChI is InChI=1S/C14H10F5NO/c15-13(16,14(17,18)19)12(21,10-5-2-1-3-6-10)11-7-4-8-20-9-11/h1-9,21H/t12-/m0/s1. The molecule has 0 aliphatic carbocycles. The normalized spacial score (nSPS) is 15.5. The zero-order chi connectivity index (χ0) is 15.7. The van der Waals surface area contributed by atoms with Crippen LogP contribution >= 0.6 is 0 Å². The Hall–Kier alpha value is -2.02. The lowest BCUT2D eigenvalue weighted by atomic mass is 9.81. The van der Waals surface area contributed by atoms with Gasteiger partial charge in [0.2, 0.25) is 0 Å². The van der Waals surface area contributed by atoms with Gasteiger partial charge in [-0.2, -0.15) is 22.0 Å². The second-order valence-corrected chi connectivity index (χ2v) is 4.39. The maximum absolute atomic E-state index is 13.9. The summed E-state index contributed by atoms with van der Waals surface area (Å²) in [4.78, 5) is 3.51. The molecule has 0 fully saturated rings. The average molecular weight is 303 g/mol. The minimum atomic E-state index is -5.92. The molecule has 1 heterocycles. The van der Waals surface area contributed by atoms with Crippen LogP contribution in [0.5, 0.6) is 0 Å². The van der Waals surface area contributed by atoms with E-state index in [9.17, 15) is 27.1 Å². The topological polar surface area (TPSA) is 33.1 Å². The number of aromatic nitrogens is 1. The summed E-state index contributed by atoms with van der Waals surface area (Å²) in [7, 11) is 0. The van der Waals surface area contributed by atoms with Crippen LogP contribution in [-0.2, 0) is 5.60 Å². The first-order valence-corrected chi connectivity index (χ1v) is 5.84. The molecular weight excluding hydrogens is 293 g/mol. The second-order valence-electron chi connectivity index (χ2n) is 4.39. The zero-order valence-corrected chi connectivity index (χ0v) is 10.5. The molecule has 0 saturated heterocycles. The van der Waals surface area contributed by atoms with E-state index >= 15 is 0 Å². The van der Waals surface area contributed by atoms with E-state index in [2.05, 4.69) is 4.98 Å². The van der Waals surface area contributed by atoms with Crippen molar-refractivity contribution in [1.82, 2.24) is 4.98 Å². The van der Waals surface area contributed by atoms with Crippen LogP contribution in [0.2, 0.25) is 0 Å². The Kier molecular flexibility index (Phi) is 3.71. The van der Waals surface area contributed by atoms with Gasteiger partial charge in [-0.25, -0.2) is 0 Å². The van der Waals surface area contributed by atoms with Crippen LogP contribution in [0.15, 0.2) is 54.9 Å². The molecule has 21 heavy (non-hydrogen) atoms. The molecule has 112 valence electrons. The fraction of sp³-hybridized carbons (Fsp3) is 0.214. The highest BCUT2D eigenvalue weighted by molar-refractivity contribution is 5.38. The van der Waals surface area contributed by atoms with Crippen LogP contribution in [0, 0.1) is 0 Å². The number of benzene rings is 1. The molecule has 2 aromatic rings. The minimum Gasteiger partial charge on any atom is -0.374 e. The third-order valence-corrected chi connectivity index (χ3v) is 3.08. The van der Waals surface area contributed by atoms with Crippen molar-refractivity contribution in [2.45, 2.75) is 17.7 Å². The van der Waals surface area contributed by atoms with Gasteiger partial charge in [0, 0.05) is 18.0 Å². The highest BCUT2D eigenvalue weighted by Crippen LogP contribution is 2.51. The van der Waals surface area contributed by atoms with Crippen molar-refractivity contribution in [3.63, 3.8) is 0 Å². The average Bonchev–Trinajstić information content (AvgIpc) is 2.47. The van der Waals surface area contributed by atoms with Gasteiger partial charge >= 0.3 is 12.1 Å². The Morgan fingerprint density at radius 3 is 1.86 bits per heavy atom. The molecule has 0 radical (unpaired) electrons. The molecule has 0 amide bonds. The van der Waals surface area contributed by atoms with Crippen molar-refractivity contribution in [2.75, 3.05) is 0 Å². The Morgan fingerprint density at radius 2 is 1.38 bits per heavy atom. The molecule has 1 atom stereocenters. The van der Waals surface area contributed by atoms with Crippen molar-refractivity contribution in [1.29, 1.82) is 0 Å². The summed E-state index contributed by atoms with van der Waals surface area (Å²) >= 11 is 0. The fourth-order valence-electron chi connectivity index (χ4n) is 1.99. The van der Waals surface area contributed by atoms with Gasteiger partial charge in [-0.15, -0.1) is 0 Å². The molecule has 1 aromatic heterocycles. The van der Waals surface area contributed by atoms with E-state index in [0.29, 0.717) is 0 Å². The number of rotatable bonds is 3. The summed E-state index contributed by atoms with van der Waals surface area (Å²) in [6, 6.07) is 8.14. The molecule has 7 heteroatoms. The Labute approximate surface area is 116 Å². The summed E-state index contributed by atoms with van der Waals surface area (Å²) in [6.07, 6.45) is -3.93. The van der Waals surface area contributed by atoms with Crippen molar-refractivity contribution < 1.29 is 27.1 Å². The Morgan fingerprint density at radius 1 is 0.810 bits per heavy atom. The predicted molar refractivity (Wildman–Crippen MR) is 64.7 cm³/mol. The number of pyridine rings is 1. The lowest BCUT2D eigenvalue weighted by Gasteiger charge is -2.37. The first-order valence-electron chi connectivity index (χ1n) is 5.84. The van der Waals surface area contributed by atoms with Gasteiger partial charge in [0.1, 0.15) is 0 Å². The largest absolute Gasteiger partial charge is 0.457 e. The molecule has 0 saturated carbocycles. The number of nitrogens with zero attached hydrogens (tertiary/aromatic N) is 1. The Balaban J connectivity index is 2.73. The highest BCUT2D eigenvalue weighted by Gasteiger charge is 2.71. The van der Waals surface area contributed by atoms with Gasteiger partial charge in [-0.3, -0.25) is 4.98 Å². The van der Waals surface area contributed by atoms with Crippen molar-refractivity contribution in [2.24, 2.45) is 0 Å². The highest BCUT2D eigenvalue weighted by atomic mass is 19.4. The maximum Gasteiger partial charge on any atom is 0.457 e. The van der Waals surface area contributed by atoms with E-state index in [4.69, 9.17) is 0 Å². The number of hydrogen-bond acceptors (Lipinski definition) is 2. The second kappa shape index (κ2) is 5.07. The van der Waals surface area contributed by atoms with Gasteiger partial charge < -0.3 is 5.11 Å². The quantitative estimate of drug-likeness (QED) is 0.880. The molecule has 0 unspecified atom stereocenters. The number of aliphatic hydroxyl groups is 1. The summed E-state index contributed by atoms with van der Waals surface area (Å²) in [6.45, 7) is 0. The summed E-state index contributed by atoms with van der Waals surface area (Å²) in [5, 5.41) is 10.3. The molecule has 1 aromatic carbocycles. The Bertz CT molecular complexity index is 558. The molecule has 0 spiro atoms. The maximum atomic E-state index is 13.9. The summed E-state index contributed by atoms with van der Waals surface area (Å²) in [5.41, 5.74) is -4.76. The van der Waals surface area contributed by atoms with Crippen molar-refractivity contribution >= 4 is 0 Å². The van der Waals surface area contributed by atoms with Gasteiger partial charge in [-0.1, -0.05) is 36.4 Å². The van der Waals surface area contributed by atoms with Crippen LogP contribution in [-0.4, -0.2) is 22.2 Å². The van der Waals surface area contributed by atoms with E-state index in [1.807, 2.05) is 0 Å². The van der Waals surface area contributed by atoms with Crippen LogP contribution in [0.4, 0.5) is 22.0 Å². The van der Waals surface area contributed by atoms with Crippen molar-refractivity contribution in [3.8, 4) is 0 Å².